The van der Waals surface area contributed by atoms with Crippen LogP contribution in [0.3, 0.4) is 0 Å². The van der Waals surface area contributed by atoms with Gasteiger partial charge in [0.25, 0.3) is 0 Å². The van der Waals surface area contributed by atoms with Gasteiger partial charge in [0.15, 0.2) is 0 Å². The first kappa shape index (κ1) is 16.1. The van der Waals surface area contributed by atoms with E-state index in [2.05, 4.69) is 27.2 Å². The maximum Gasteiger partial charge on any atom is 0.250 e. The van der Waals surface area contributed by atoms with Crippen LogP contribution in [-0.2, 0) is 14.8 Å². The number of ether oxygens (including phenoxy) is 1. The van der Waals surface area contributed by atoms with Crippen molar-refractivity contribution in [1.29, 1.82) is 0 Å². The molecule has 0 atom stereocenters. The van der Waals surface area contributed by atoms with Gasteiger partial charge in [-0.15, -0.1) is 11.3 Å². The van der Waals surface area contributed by atoms with E-state index in [9.17, 15) is 8.42 Å². The van der Waals surface area contributed by atoms with E-state index in [1.807, 2.05) is 6.92 Å². The van der Waals surface area contributed by atoms with E-state index in [1.54, 1.807) is 0 Å². The largest absolute Gasteiger partial charge is 0.376 e. The predicted octanol–water partition coefficient (Wildman–Crippen LogP) is 3.04. The molecule has 0 saturated heterocycles. The van der Waals surface area contributed by atoms with Gasteiger partial charge in [0.1, 0.15) is 4.21 Å². The van der Waals surface area contributed by atoms with Crippen molar-refractivity contribution in [3.8, 4) is 0 Å². The van der Waals surface area contributed by atoms with Gasteiger partial charge in [-0.2, -0.15) is 0 Å². The molecular weight excluding hydrogens is 362 g/mol. The monoisotopic (exact) mass is 373 g/mol. The lowest BCUT2D eigenvalue weighted by Crippen LogP contribution is -2.27. The zero-order valence-electron chi connectivity index (χ0n) is 9.70. The van der Waals surface area contributed by atoms with Gasteiger partial charge < -0.3 is 4.74 Å². The van der Waals surface area contributed by atoms with E-state index in [0.29, 0.717) is 22.0 Å². The van der Waals surface area contributed by atoms with Gasteiger partial charge in [0.05, 0.1) is 22.0 Å². The van der Waals surface area contributed by atoms with Crippen molar-refractivity contribution in [2.24, 2.45) is 0 Å². The molecule has 0 aliphatic heterocycles. The summed E-state index contributed by atoms with van der Waals surface area (Å²) in [6, 6.07) is 1.41. The first-order chi connectivity index (χ1) is 8.33. The van der Waals surface area contributed by atoms with Gasteiger partial charge in [-0.1, -0.05) is 23.8 Å². The van der Waals surface area contributed by atoms with Gasteiger partial charge in [-0.25, -0.2) is 13.1 Å². The average Bonchev–Trinajstić information content (AvgIpc) is 2.59. The first-order valence-electron chi connectivity index (χ1n) is 4.99. The molecule has 8 heteroatoms. The Kier molecular flexibility index (Phi) is 6.29. The van der Waals surface area contributed by atoms with E-state index < -0.39 is 10.0 Å². The minimum atomic E-state index is -3.51. The highest BCUT2D eigenvalue weighted by molar-refractivity contribution is 9.11. The molecule has 0 saturated carbocycles. The maximum atomic E-state index is 11.8. The van der Waals surface area contributed by atoms with E-state index in [-0.39, 0.29) is 10.8 Å². The molecular formula is C10H13BrClNO3S2. The number of rotatable bonds is 7. The number of halogens is 2. The quantitative estimate of drug-likeness (QED) is 0.589. The van der Waals surface area contributed by atoms with Gasteiger partial charge in [-0.3, -0.25) is 0 Å². The fraction of sp³-hybridized carbons (Fsp3) is 0.400. The van der Waals surface area contributed by atoms with E-state index in [1.165, 1.54) is 6.07 Å². The van der Waals surface area contributed by atoms with Crippen LogP contribution in [0.25, 0.3) is 0 Å². The summed E-state index contributed by atoms with van der Waals surface area (Å²) in [6.45, 7) is 6.46. The lowest BCUT2D eigenvalue weighted by molar-refractivity contribution is 0.162. The summed E-state index contributed by atoms with van der Waals surface area (Å²) in [4.78, 5) is 0. The van der Waals surface area contributed by atoms with Crippen LogP contribution in [0.5, 0.6) is 0 Å². The molecule has 1 aromatic rings. The van der Waals surface area contributed by atoms with Crippen molar-refractivity contribution in [2.45, 2.75) is 11.1 Å². The van der Waals surface area contributed by atoms with Crippen molar-refractivity contribution >= 4 is 48.9 Å². The topological polar surface area (TPSA) is 55.4 Å². The molecule has 0 bridgehead atoms. The maximum absolute atomic E-state index is 11.8. The Balaban J connectivity index is 2.48. The van der Waals surface area contributed by atoms with E-state index in [4.69, 9.17) is 16.3 Å². The van der Waals surface area contributed by atoms with Crippen LogP contribution in [0, 0.1) is 0 Å². The molecule has 0 radical (unpaired) electrons. The normalized spacial score (nSPS) is 11.7. The average molecular weight is 375 g/mol. The summed E-state index contributed by atoms with van der Waals surface area (Å²) in [5.41, 5.74) is 0.895. The Morgan fingerprint density at radius 2 is 2.33 bits per heavy atom. The van der Waals surface area contributed by atoms with Crippen LogP contribution in [0.4, 0.5) is 0 Å². The van der Waals surface area contributed by atoms with Gasteiger partial charge in [-0.05, 0) is 28.9 Å². The smallest absolute Gasteiger partial charge is 0.250 e. The van der Waals surface area contributed by atoms with Crippen LogP contribution in [0.15, 0.2) is 26.2 Å². The van der Waals surface area contributed by atoms with Crippen molar-refractivity contribution < 1.29 is 13.2 Å². The Labute approximate surface area is 124 Å². The Morgan fingerprint density at radius 3 is 2.83 bits per heavy atom. The second-order valence-corrected chi connectivity index (χ2v) is 8.37. The Bertz CT molecular complexity index is 508. The molecule has 0 amide bonds. The fourth-order valence-electron chi connectivity index (χ4n) is 1.02. The predicted molar refractivity (Wildman–Crippen MR) is 77.9 cm³/mol. The molecule has 18 heavy (non-hydrogen) atoms. The third-order valence-electron chi connectivity index (χ3n) is 1.77. The van der Waals surface area contributed by atoms with Gasteiger partial charge in [0.2, 0.25) is 10.0 Å². The summed E-state index contributed by atoms with van der Waals surface area (Å²) in [5, 5.41) is 0.388. The molecule has 0 aliphatic carbocycles. The number of nitrogens with one attached hydrogen (secondary N) is 1. The molecule has 0 fully saturated rings. The van der Waals surface area contributed by atoms with Crippen molar-refractivity contribution in [3.05, 3.63) is 27.0 Å². The highest BCUT2D eigenvalue weighted by atomic mass is 79.9. The van der Waals surface area contributed by atoms with Gasteiger partial charge in [0, 0.05) is 6.54 Å². The summed E-state index contributed by atoms with van der Waals surface area (Å²) in [6.07, 6.45) is 0. The third-order valence-corrected chi connectivity index (χ3v) is 6.18. The van der Waals surface area contributed by atoms with E-state index >= 15 is 0 Å². The molecule has 1 heterocycles. The van der Waals surface area contributed by atoms with Gasteiger partial charge >= 0.3 is 0 Å². The van der Waals surface area contributed by atoms with Crippen LogP contribution in [0.2, 0.25) is 5.02 Å². The molecule has 0 unspecified atom stereocenters. The Hall–Kier alpha value is 0.0800. The fourth-order valence-corrected chi connectivity index (χ4v) is 4.48. The number of thiophene rings is 1. The van der Waals surface area contributed by atoms with E-state index in [0.717, 1.165) is 16.9 Å². The Morgan fingerprint density at radius 1 is 1.67 bits per heavy atom. The molecule has 102 valence electrons. The summed E-state index contributed by atoms with van der Waals surface area (Å²) >= 11 is 10.0. The van der Waals surface area contributed by atoms with Crippen molar-refractivity contribution in [3.63, 3.8) is 0 Å². The summed E-state index contributed by atoms with van der Waals surface area (Å²) in [5.74, 6) is 0. The molecule has 1 aromatic heterocycles. The second-order valence-electron chi connectivity index (χ2n) is 3.59. The minimum absolute atomic E-state index is 0.180. The number of sulfonamides is 1. The van der Waals surface area contributed by atoms with Crippen LogP contribution < -0.4 is 4.72 Å². The molecule has 0 aliphatic rings. The molecule has 1 N–H and O–H groups in total. The molecule has 1 rings (SSSR count). The lowest BCUT2D eigenvalue weighted by Gasteiger charge is -2.05. The third kappa shape index (κ3) is 4.99. The minimum Gasteiger partial charge on any atom is -0.376 e. The number of hydrogen-bond acceptors (Lipinski definition) is 4. The second kappa shape index (κ2) is 7.02. The van der Waals surface area contributed by atoms with Crippen LogP contribution in [0.1, 0.15) is 6.92 Å². The zero-order valence-corrected chi connectivity index (χ0v) is 13.7. The summed E-state index contributed by atoms with van der Waals surface area (Å²) in [7, 11) is -3.51. The van der Waals surface area contributed by atoms with Crippen LogP contribution in [-0.4, -0.2) is 28.2 Å². The van der Waals surface area contributed by atoms with Crippen LogP contribution >= 0.6 is 38.9 Å². The standard InChI is InChI=1S/C10H13BrClNO3S2/c1-7(2)6-16-4-3-13-18(14,15)9-5-8(12)10(11)17-9/h5,13H,1,3-4,6H2,2H3. The molecule has 4 nitrogen and oxygen atoms in total. The zero-order chi connectivity index (χ0) is 13.8. The lowest BCUT2D eigenvalue weighted by atomic mass is 10.4. The molecule has 0 spiro atoms. The molecule has 0 aromatic carbocycles. The van der Waals surface area contributed by atoms with Crippen molar-refractivity contribution in [1.82, 2.24) is 4.72 Å². The first-order valence-corrected chi connectivity index (χ1v) is 8.46. The highest BCUT2D eigenvalue weighted by Gasteiger charge is 2.18. The SMILES string of the molecule is C=C(C)COCCNS(=O)(=O)c1cc(Cl)c(Br)s1. The van der Waals surface area contributed by atoms with Crippen molar-refractivity contribution in [2.75, 3.05) is 19.8 Å². The summed E-state index contributed by atoms with van der Waals surface area (Å²) < 4.78 is 32.1. The highest BCUT2D eigenvalue weighted by Crippen LogP contribution is 2.34. The number of hydrogen-bond donors (Lipinski definition) is 1.